The van der Waals surface area contributed by atoms with E-state index in [4.69, 9.17) is 15.9 Å². The highest BCUT2D eigenvalue weighted by Gasteiger charge is 2.35. The fourth-order valence-corrected chi connectivity index (χ4v) is 5.17. The lowest BCUT2D eigenvalue weighted by atomic mass is 9.93. The van der Waals surface area contributed by atoms with Crippen LogP contribution in [-0.4, -0.2) is 60.8 Å². The first kappa shape index (κ1) is 23.3. The van der Waals surface area contributed by atoms with Crippen molar-refractivity contribution >= 4 is 22.4 Å². The molecule has 0 aliphatic carbocycles. The largest absolute Gasteiger partial charge is 0.493 e. The zero-order valence-electron chi connectivity index (χ0n) is 19.9. The van der Waals surface area contributed by atoms with Gasteiger partial charge < -0.3 is 20.1 Å². The average molecular weight is 476 g/mol. The van der Waals surface area contributed by atoms with Gasteiger partial charge in [-0.3, -0.25) is 4.90 Å². The van der Waals surface area contributed by atoms with E-state index in [1.165, 1.54) is 31.8 Å². The van der Waals surface area contributed by atoms with E-state index in [2.05, 4.69) is 31.4 Å². The van der Waals surface area contributed by atoms with Gasteiger partial charge in [0.25, 0.3) is 0 Å². The van der Waals surface area contributed by atoms with Crippen LogP contribution in [0.15, 0.2) is 36.7 Å². The molecule has 0 spiro atoms. The van der Waals surface area contributed by atoms with Crippen LogP contribution in [0.4, 0.5) is 15.9 Å². The molecule has 0 amide bonds. The molecule has 0 radical (unpaired) electrons. The fourth-order valence-electron chi connectivity index (χ4n) is 5.17. The number of methoxy groups -OCH3 is 1. The van der Waals surface area contributed by atoms with Crippen molar-refractivity contribution in [2.24, 2.45) is 5.92 Å². The summed E-state index contributed by atoms with van der Waals surface area (Å²) in [5.41, 5.74) is 1.53. The molecule has 2 aliphatic heterocycles. The van der Waals surface area contributed by atoms with E-state index in [0.29, 0.717) is 41.2 Å². The van der Waals surface area contributed by atoms with Gasteiger partial charge in [-0.2, -0.15) is 0 Å². The van der Waals surface area contributed by atoms with E-state index >= 15 is 0 Å². The Morgan fingerprint density at radius 3 is 3.00 bits per heavy atom. The monoisotopic (exact) mass is 475 g/mol. The Morgan fingerprint density at radius 2 is 2.14 bits per heavy atom. The van der Waals surface area contributed by atoms with E-state index < -0.39 is 5.82 Å². The number of nitrogens with one attached hydrogen (secondary N) is 2. The third kappa shape index (κ3) is 5.02. The molecular formula is C27H30FN5O2. The summed E-state index contributed by atoms with van der Waals surface area (Å²) >= 11 is 0. The fraction of sp³-hybridized carbons (Fsp3) is 0.407. The Hall–Kier alpha value is -3.41. The maximum Gasteiger partial charge on any atom is 0.162 e. The number of terminal acetylenes is 1. The van der Waals surface area contributed by atoms with Crippen molar-refractivity contribution < 1.29 is 13.9 Å². The van der Waals surface area contributed by atoms with Crippen LogP contribution >= 0.6 is 0 Å². The van der Waals surface area contributed by atoms with Crippen LogP contribution in [0.3, 0.4) is 0 Å². The van der Waals surface area contributed by atoms with Crippen LogP contribution in [0, 0.1) is 24.1 Å². The van der Waals surface area contributed by atoms with Crippen molar-refractivity contribution in [1.82, 2.24) is 20.2 Å². The van der Waals surface area contributed by atoms with Gasteiger partial charge in [-0.1, -0.05) is 5.92 Å². The second-order valence-electron chi connectivity index (χ2n) is 9.05. The molecule has 0 bridgehead atoms. The van der Waals surface area contributed by atoms with E-state index in [9.17, 15) is 4.39 Å². The predicted molar refractivity (Wildman–Crippen MR) is 135 cm³/mol. The summed E-state index contributed by atoms with van der Waals surface area (Å²) in [6.07, 6.45) is 10.4. The van der Waals surface area contributed by atoms with Gasteiger partial charge in [0, 0.05) is 36.3 Å². The number of rotatable bonds is 8. The molecule has 0 saturated carbocycles. The van der Waals surface area contributed by atoms with Crippen LogP contribution in [0.5, 0.6) is 11.5 Å². The summed E-state index contributed by atoms with van der Waals surface area (Å²) < 4.78 is 25.5. The van der Waals surface area contributed by atoms with Gasteiger partial charge in [0.15, 0.2) is 11.5 Å². The topological polar surface area (TPSA) is 71.5 Å². The van der Waals surface area contributed by atoms with Crippen LogP contribution < -0.4 is 20.1 Å². The Kier molecular flexibility index (Phi) is 6.98. The highest BCUT2D eigenvalue weighted by molar-refractivity contribution is 5.93. The van der Waals surface area contributed by atoms with E-state index in [-0.39, 0.29) is 5.56 Å². The normalized spacial score (nSPS) is 19.8. The summed E-state index contributed by atoms with van der Waals surface area (Å²) in [4.78, 5) is 11.4. The number of hydrogen-bond donors (Lipinski definition) is 2. The first-order chi connectivity index (χ1) is 17.2. The van der Waals surface area contributed by atoms with Crippen molar-refractivity contribution in [2.75, 3.05) is 45.2 Å². The maximum atomic E-state index is 13.8. The van der Waals surface area contributed by atoms with Gasteiger partial charge in [-0.15, -0.1) is 6.42 Å². The molecule has 182 valence electrons. The van der Waals surface area contributed by atoms with Crippen LogP contribution in [0.2, 0.25) is 0 Å². The Balaban J connectivity index is 1.29. The van der Waals surface area contributed by atoms with Gasteiger partial charge in [0.1, 0.15) is 18.0 Å². The number of halogens is 1. The minimum atomic E-state index is -0.435. The highest BCUT2D eigenvalue weighted by Crippen LogP contribution is 2.35. The number of aromatic nitrogens is 2. The summed E-state index contributed by atoms with van der Waals surface area (Å²) in [6.45, 7) is 5.02. The summed E-state index contributed by atoms with van der Waals surface area (Å²) in [5.74, 6) is 4.59. The van der Waals surface area contributed by atoms with Crippen molar-refractivity contribution in [1.29, 1.82) is 0 Å². The molecule has 2 atom stereocenters. The standard InChI is InChI=1S/C27H30FN5O2/c1-3-18-13-20(5-6-22(18)28)32-27-21-14-26(25(34-2)15-23(21)30-17-31-27)35-12-4-10-33-11-8-19-7-9-29-16-24(19)33/h1,5-6,13-15,17,19,24,29H,4,7-12,16H2,2H3,(H,30,31,32). The lowest BCUT2D eigenvalue weighted by Gasteiger charge is -2.32. The second-order valence-corrected chi connectivity index (χ2v) is 9.05. The third-order valence-electron chi connectivity index (χ3n) is 7.00. The summed E-state index contributed by atoms with van der Waals surface area (Å²) in [7, 11) is 1.62. The van der Waals surface area contributed by atoms with E-state index in [0.717, 1.165) is 37.4 Å². The smallest absolute Gasteiger partial charge is 0.162 e. The molecule has 2 saturated heterocycles. The molecule has 2 unspecified atom stereocenters. The summed E-state index contributed by atoms with van der Waals surface area (Å²) in [5, 5.41) is 7.52. The Morgan fingerprint density at radius 1 is 1.23 bits per heavy atom. The molecule has 8 heteroatoms. The second kappa shape index (κ2) is 10.5. The van der Waals surface area contributed by atoms with E-state index in [1.807, 2.05) is 12.1 Å². The molecule has 35 heavy (non-hydrogen) atoms. The molecule has 3 aromatic rings. The molecule has 2 aromatic carbocycles. The molecule has 5 rings (SSSR count). The number of benzene rings is 2. The maximum absolute atomic E-state index is 13.8. The first-order valence-electron chi connectivity index (χ1n) is 12.1. The number of hydrogen-bond acceptors (Lipinski definition) is 7. The van der Waals surface area contributed by atoms with Crippen molar-refractivity contribution in [3.05, 3.63) is 48.0 Å². The van der Waals surface area contributed by atoms with Crippen molar-refractivity contribution in [3.63, 3.8) is 0 Å². The predicted octanol–water partition coefficient (Wildman–Crippen LogP) is 3.96. The quantitative estimate of drug-likeness (QED) is 0.378. The molecule has 7 nitrogen and oxygen atoms in total. The molecule has 1 aromatic heterocycles. The number of likely N-dealkylation sites (tertiary alicyclic amines) is 1. The number of nitrogens with zero attached hydrogens (tertiary/aromatic N) is 3. The minimum Gasteiger partial charge on any atom is -0.493 e. The van der Waals surface area contributed by atoms with Crippen molar-refractivity contribution in [2.45, 2.75) is 25.3 Å². The van der Waals surface area contributed by atoms with Crippen LogP contribution in [0.25, 0.3) is 10.9 Å². The lowest BCUT2D eigenvalue weighted by molar-refractivity contribution is 0.179. The Bertz CT molecular complexity index is 1240. The van der Waals surface area contributed by atoms with Gasteiger partial charge in [0.2, 0.25) is 0 Å². The molecule has 2 fully saturated rings. The van der Waals surface area contributed by atoms with Crippen LogP contribution in [-0.2, 0) is 0 Å². The zero-order chi connectivity index (χ0) is 24.2. The SMILES string of the molecule is C#Cc1cc(Nc2ncnc3cc(OC)c(OCCCN4CCC5CCNCC54)cc23)ccc1F. The number of fused-ring (bicyclic) bond motifs is 2. The number of piperidine rings is 1. The minimum absolute atomic E-state index is 0.187. The number of anilines is 2. The average Bonchev–Trinajstić information content (AvgIpc) is 3.30. The summed E-state index contributed by atoms with van der Waals surface area (Å²) in [6, 6.07) is 8.92. The number of ether oxygens (including phenoxy) is 2. The molecule has 2 N–H and O–H groups in total. The van der Waals surface area contributed by atoms with Gasteiger partial charge >= 0.3 is 0 Å². The highest BCUT2D eigenvalue weighted by atomic mass is 19.1. The lowest BCUT2D eigenvalue weighted by Crippen LogP contribution is -2.46. The van der Waals surface area contributed by atoms with Gasteiger partial charge in [-0.05, 0) is 62.5 Å². The van der Waals surface area contributed by atoms with Gasteiger partial charge in [-0.25, -0.2) is 14.4 Å². The van der Waals surface area contributed by atoms with E-state index in [1.54, 1.807) is 19.2 Å². The van der Waals surface area contributed by atoms with Gasteiger partial charge in [0.05, 0.1) is 24.8 Å². The van der Waals surface area contributed by atoms with Crippen molar-refractivity contribution in [3.8, 4) is 23.8 Å². The molecular weight excluding hydrogens is 445 g/mol. The molecule has 3 heterocycles. The van der Waals surface area contributed by atoms with Crippen LogP contribution in [0.1, 0.15) is 24.8 Å². The third-order valence-corrected chi connectivity index (χ3v) is 7.00. The Labute approximate surface area is 205 Å². The zero-order valence-corrected chi connectivity index (χ0v) is 19.9. The first-order valence-corrected chi connectivity index (χ1v) is 12.1. The molecule has 2 aliphatic rings.